The Hall–Kier alpha value is -2.38. The second-order valence-electron chi connectivity index (χ2n) is 4.48. The van der Waals surface area contributed by atoms with Gasteiger partial charge in [0.15, 0.2) is 5.84 Å². The highest BCUT2D eigenvalue weighted by Crippen LogP contribution is 2.18. The third-order valence-electron chi connectivity index (χ3n) is 3.34. The molecule has 0 aliphatic rings. The monoisotopic (exact) mass is 300 g/mol. The standard InChI is InChI=1S/C13H18F2N4O2/c1-3-13(4-2,11(16)19-21)18-12(20)17-10-6-5-8(14)7-9(10)15/h5-7,21H,3-4H2,1-2H3,(H2,16,19)(H2,17,18,20). The number of amidine groups is 1. The highest BCUT2D eigenvalue weighted by atomic mass is 19.1. The molecular formula is C13H18F2N4O2. The van der Waals surface area contributed by atoms with Crippen molar-refractivity contribution in [3.05, 3.63) is 29.8 Å². The molecule has 1 aromatic carbocycles. The first kappa shape index (κ1) is 16.7. The van der Waals surface area contributed by atoms with Crippen LogP contribution in [0.15, 0.2) is 23.4 Å². The predicted molar refractivity (Wildman–Crippen MR) is 75.2 cm³/mol. The number of nitrogens with zero attached hydrogens (tertiary/aromatic N) is 1. The minimum Gasteiger partial charge on any atom is -0.409 e. The zero-order chi connectivity index (χ0) is 16.0. The number of hydrogen-bond donors (Lipinski definition) is 4. The maximum atomic E-state index is 13.5. The van der Waals surface area contributed by atoms with E-state index in [4.69, 9.17) is 10.9 Å². The molecule has 0 bridgehead atoms. The number of amides is 2. The summed E-state index contributed by atoms with van der Waals surface area (Å²) in [6.45, 7) is 3.50. The number of halogens is 2. The van der Waals surface area contributed by atoms with Gasteiger partial charge in [-0.3, -0.25) is 0 Å². The van der Waals surface area contributed by atoms with Crippen LogP contribution < -0.4 is 16.4 Å². The van der Waals surface area contributed by atoms with Crippen molar-refractivity contribution >= 4 is 17.6 Å². The van der Waals surface area contributed by atoms with E-state index in [0.717, 1.165) is 12.1 Å². The maximum Gasteiger partial charge on any atom is 0.320 e. The van der Waals surface area contributed by atoms with Gasteiger partial charge >= 0.3 is 6.03 Å². The molecule has 0 aliphatic heterocycles. The Labute approximate surface area is 121 Å². The lowest BCUT2D eigenvalue weighted by molar-refractivity contribution is 0.241. The lowest BCUT2D eigenvalue weighted by Crippen LogP contribution is -2.57. The number of carbonyl (C=O) groups is 1. The summed E-state index contributed by atoms with van der Waals surface area (Å²) in [7, 11) is 0. The molecule has 0 spiro atoms. The van der Waals surface area contributed by atoms with Crippen LogP contribution in [0.4, 0.5) is 19.3 Å². The number of rotatable bonds is 5. The Morgan fingerprint density at radius 3 is 2.48 bits per heavy atom. The molecule has 2 amide bonds. The number of nitrogens with two attached hydrogens (primary N) is 1. The molecule has 0 saturated carbocycles. The highest BCUT2D eigenvalue weighted by molar-refractivity contribution is 5.97. The molecule has 0 fully saturated rings. The van der Waals surface area contributed by atoms with E-state index < -0.39 is 23.2 Å². The van der Waals surface area contributed by atoms with E-state index in [-0.39, 0.29) is 11.5 Å². The molecule has 21 heavy (non-hydrogen) atoms. The van der Waals surface area contributed by atoms with Gasteiger partial charge in [-0.15, -0.1) is 0 Å². The molecule has 0 saturated heterocycles. The summed E-state index contributed by atoms with van der Waals surface area (Å²) in [5, 5.41) is 16.5. The second-order valence-corrected chi connectivity index (χ2v) is 4.48. The van der Waals surface area contributed by atoms with Gasteiger partial charge in [-0.25, -0.2) is 13.6 Å². The van der Waals surface area contributed by atoms with E-state index in [1.54, 1.807) is 13.8 Å². The fraction of sp³-hybridized carbons (Fsp3) is 0.385. The fourth-order valence-electron chi connectivity index (χ4n) is 1.91. The van der Waals surface area contributed by atoms with E-state index in [0.29, 0.717) is 18.9 Å². The largest absolute Gasteiger partial charge is 0.409 e. The third kappa shape index (κ3) is 3.80. The topological polar surface area (TPSA) is 99.7 Å². The minimum absolute atomic E-state index is 0.151. The molecule has 0 atom stereocenters. The molecule has 6 nitrogen and oxygen atoms in total. The summed E-state index contributed by atoms with van der Waals surface area (Å²) in [5.41, 5.74) is 4.38. The van der Waals surface area contributed by atoms with Crippen molar-refractivity contribution < 1.29 is 18.8 Å². The number of carbonyl (C=O) groups excluding carboxylic acids is 1. The van der Waals surface area contributed by atoms with Crippen LogP contribution in [0.25, 0.3) is 0 Å². The Balaban J connectivity index is 2.88. The SMILES string of the molecule is CCC(CC)(NC(=O)Nc1ccc(F)cc1F)/C(N)=N/O. The highest BCUT2D eigenvalue weighted by Gasteiger charge is 2.33. The number of hydrogen-bond acceptors (Lipinski definition) is 3. The van der Waals surface area contributed by atoms with Crippen LogP contribution in [-0.2, 0) is 0 Å². The lowest BCUT2D eigenvalue weighted by Gasteiger charge is -2.31. The number of anilines is 1. The Kier molecular flexibility index (Phi) is 5.45. The first-order valence-corrected chi connectivity index (χ1v) is 6.40. The first-order valence-electron chi connectivity index (χ1n) is 6.40. The number of benzene rings is 1. The van der Waals surface area contributed by atoms with Gasteiger partial charge in [-0.05, 0) is 25.0 Å². The summed E-state index contributed by atoms with van der Waals surface area (Å²) in [5.74, 6) is -1.79. The molecule has 5 N–H and O–H groups in total. The predicted octanol–water partition coefficient (Wildman–Crippen LogP) is 2.39. The molecule has 0 unspecified atom stereocenters. The van der Waals surface area contributed by atoms with Gasteiger partial charge in [-0.2, -0.15) is 0 Å². The van der Waals surface area contributed by atoms with Crippen LogP contribution in [0.5, 0.6) is 0 Å². The smallest absolute Gasteiger partial charge is 0.320 e. The van der Waals surface area contributed by atoms with Crippen molar-refractivity contribution in [3.63, 3.8) is 0 Å². The van der Waals surface area contributed by atoms with Gasteiger partial charge in [0.25, 0.3) is 0 Å². The summed E-state index contributed by atoms with van der Waals surface area (Å²) in [4.78, 5) is 11.9. The average Bonchev–Trinajstić information content (AvgIpc) is 2.47. The van der Waals surface area contributed by atoms with E-state index >= 15 is 0 Å². The summed E-state index contributed by atoms with van der Waals surface area (Å²) in [6, 6.07) is 2.05. The van der Waals surface area contributed by atoms with Gasteiger partial charge < -0.3 is 21.6 Å². The molecule has 0 aromatic heterocycles. The quantitative estimate of drug-likeness (QED) is 0.291. The van der Waals surface area contributed by atoms with Gasteiger partial charge in [0.2, 0.25) is 0 Å². The van der Waals surface area contributed by atoms with E-state index in [1.165, 1.54) is 0 Å². The lowest BCUT2D eigenvalue weighted by atomic mass is 9.91. The van der Waals surface area contributed by atoms with Crippen molar-refractivity contribution in [1.82, 2.24) is 5.32 Å². The van der Waals surface area contributed by atoms with Crippen molar-refractivity contribution in [2.75, 3.05) is 5.32 Å². The maximum absolute atomic E-state index is 13.5. The van der Waals surface area contributed by atoms with Crippen LogP contribution in [0.2, 0.25) is 0 Å². The molecular weight excluding hydrogens is 282 g/mol. The van der Waals surface area contributed by atoms with Crippen LogP contribution >= 0.6 is 0 Å². The van der Waals surface area contributed by atoms with Crippen molar-refractivity contribution in [1.29, 1.82) is 0 Å². The van der Waals surface area contributed by atoms with Gasteiger partial charge in [0.05, 0.1) is 5.69 Å². The summed E-state index contributed by atoms with van der Waals surface area (Å²) < 4.78 is 26.2. The Morgan fingerprint density at radius 2 is 2.00 bits per heavy atom. The number of urea groups is 1. The number of nitrogens with one attached hydrogen (secondary N) is 2. The normalized spacial score (nSPS) is 12.1. The Morgan fingerprint density at radius 1 is 1.38 bits per heavy atom. The van der Waals surface area contributed by atoms with E-state index in [1.807, 2.05) is 0 Å². The first-order chi connectivity index (χ1) is 9.88. The molecule has 0 radical (unpaired) electrons. The average molecular weight is 300 g/mol. The minimum atomic E-state index is -1.05. The Bertz CT molecular complexity index is 545. The summed E-state index contributed by atoms with van der Waals surface area (Å²) >= 11 is 0. The molecule has 116 valence electrons. The van der Waals surface area contributed by atoms with E-state index in [2.05, 4.69) is 15.8 Å². The molecule has 0 heterocycles. The molecule has 1 aromatic rings. The van der Waals surface area contributed by atoms with Crippen molar-refractivity contribution in [2.45, 2.75) is 32.2 Å². The van der Waals surface area contributed by atoms with Crippen molar-refractivity contribution in [3.8, 4) is 0 Å². The molecule has 8 heteroatoms. The fourth-order valence-corrected chi connectivity index (χ4v) is 1.91. The van der Waals surface area contributed by atoms with Crippen LogP contribution in [0, 0.1) is 11.6 Å². The third-order valence-corrected chi connectivity index (χ3v) is 3.34. The van der Waals surface area contributed by atoms with E-state index in [9.17, 15) is 13.6 Å². The molecule has 1 rings (SSSR count). The zero-order valence-corrected chi connectivity index (χ0v) is 11.8. The van der Waals surface area contributed by atoms with Crippen LogP contribution in [0.3, 0.4) is 0 Å². The van der Waals surface area contributed by atoms with Crippen molar-refractivity contribution in [2.24, 2.45) is 10.9 Å². The van der Waals surface area contributed by atoms with Crippen LogP contribution in [-0.4, -0.2) is 22.6 Å². The van der Waals surface area contributed by atoms with Gasteiger partial charge in [0.1, 0.15) is 17.2 Å². The van der Waals surface area contributed by atoms with Crippen LogP contribution in [0.1, 0.15) is 26.7 Å². The summed E-state index contributed by atoms with van der Waals surface area (Å²) in [6.07, 6.45) is 0.747. The van der Waals surface area contributed by atoms with Gasteiger partial charge in [-0.1, -0.05) is 19.0 Å². The molecule has 0 aliphatic carbocycles. The second kappa shape index (κ2) is 6.87. The van der Waals surface area contributed by atoms with Gasteiger partial charge in [0, 0.05) is 6.07 Å². The number of oxime groups is 1. The zero-order valence-electron chi connectivity index (χ0n) is 11.8.